The van der Waals surface area contributed by atoms with Gasteiger partial charge in [-0.2, -0.15) is 0 Å². The second kappa shape index (κ2) is 6.71. The van der Waals surface area contributed by atoms with Crippen molar-refractivity contribution in [3.63, 3.8) is 0 Å². The maximum absolute atomic E-state index is 5.81. The van der Waals surface area contributed by atoms with E-state index < -0.39 is 0 Å². The quantitative estimate of drug-likeness (QED) is 0.860. The molecule has 4 rings (SSSR count). The minimum absolute atomic E-state index is 0.494. The Hall–Kier alpha value is -2.24. The molecule has 1 unspecified atom stereocenters. The van der Waals surface area contributed by atoms with Gasteiger partial charge >= 0.3 is 0 Å². The van der Waals surface area contributed by atoms with Crippen LogP contribution in [0.2, 0.25) is 0 Å². The predicted molar refractivity (Wildman–Crippen MR) is 91.3 cm³/mol. The van der Waals surface area contributed by atoms with Crippen molar-refractivity contribution in [2.24, 2.45) is 5.92 Å². The van der Waals surface area contributed by atoms with Crippen LogP contribution in [0.15, 0.2) is 18.6 Å². The van der Waals surface area contributed by atoms with Crippen molar-refractivity contribution in [2.75, 3.05) is 24.6 Å². The number of aryl methyl sites for hydroxylation is 2. The summed E-state index contributed by atoms with van der Waals surface area (Å²) in [5, 5.41) is 0. The summed E-state index contributed by atoms with van der Waals surface area (Å²) in [6, 6.07) is 0. The van der Waals surface area contributed by atoms with Crippen LogP contribution in [0.25, 0.3) is 0 Å². The van der Waals surface area contributed by atoms with Crippen LogP contribution in [0, 0.1) is 12.8 Å². The van der Waals surface area contributed by atoms with Crippen molar-refractivity contribution < 1.29 is 4.74 Å². The van der Waals surface area contributed by atoms with Gasteiger partial charge in [-0.15, -0.1) is 0 Å². The molecule has 2 aromatic heterocycles. The first-order chi connectivity index (χ1) is 11.8. The minimum Gasteiger partial charge on any atom is -0.476 e. The molecule has 0 amide bonds. The van der Waals surface area contributed by atoms with E-state index in [1.165, 1.54) is 36.3 Å². The minimum atomic E-state index is 0.494. The van der Waals surface area contributed by atoms with Gasteiger partial charge in [-0.1, -0.05) is 0 Å². The summed E-state index contributed by atoms with van der Waals surface area (Å²) < 4.78 is 5.81. The second-order valence-electron chi connectivity index (χ2n) is 6.68. The first-order valence-electron chi connectivity index (χ1n) is 8.80. The molecule has 0 spiro atoms. The van der Waals surface area contributed by atoms with Gasteiger partial charge in [0.15, 0.2) is 0 Å². The van der Waals surface area contributed by atoms with Gasteiger partial charge in [0.25, 0.3) is 0 Å². The van der Waals surface area contributed by atoms with E-state index >= 15 is 0 Å². The van der Waals surface area contributed by atoms with E-state index in [9.17, 15) is 0 Å². The van der Waals surface area contributed by atoms with Crippen LogP contribution in [-0.4, -0.2) is 39.6 Å². The largest absolute Gasteiger partial charge is 0.476 e. The summed E-state index contributed by atoms with van der Waals surface area (Å²) in [5.74, 6) is 3.16. The van der Waals surface area contributed by atoms with E-state index in [4.69, 9.17) is 9.72 Å². The van der Waals surface area contributed by atoms with Gasteiger partial charge in [-0.05, 0) is 39.0 Å². The standard InChI is InChI=1S/C18H23N5O/c1-13-21-16-6-2-5-15(16)18(22-13)23-9-3-4-14(11-23)12-24-17-10-19-7-8-20-17/h7-8,10,14H,2-6,9,11-12H2,1H3. The summed E-state index contributed by atoms with van der Waals surface area (Å²) in [5.41, 5.74) is 2.63. The number of aromatic nitrogens is 4. The third-order valence-corrected chi connectivity index (χ3v) is 4.85. The fourth-order valence-corrected chi connectivity index (χ4v) is 3.75. The van der Waals surface area contributed by atoms with E-state index in [0.717, 1.165) is 31.8 Å². The van der Waals surface area contributed by atoms with E-state index in [2.05, 4.69) is 19.9 Å². The molecule has 0 saturated carbocycles. The molecule has 126 valence electrons. The summed E-state index contributed by atoms with van der Waals surface area (Å²) >= 11 is 0. The summed E-state index contributed by atoms with van der Waals surface area (Å²) in [7, 11) is 0. The van der Waals surface area contributed by atoms with Gasteiger partial charge in [0.2, 0.25) is 5.88 Å². The molecule has 1 aliphatic carbocycles. The molecule has 6 heteroatoms. The van der Waals surface area contributed by atoms with Crippen molar-refractivity contribution in [3.05, 3.63) is 35.7 Å². The molecule has 1 aliphatic heterocycles. The predicted octanol–water partition coefficient (Wildman–Crippen LogP) is 2.36. The summed E-state index contributed by atoms with van der Waals surface area (Å²) in [6.45, 7) is 4.75. The Balaban J connectivity index is 1.46. The van der Waals surface area contributed by atoms with Crippen LogP contribution < -0.4 is 9.64 Å². The first-order valence-corrected chi connectivity index (χ1v) is 8.80. The van der Waals surface area contributed by atoms with Crippen LogP contribution in [0.1, 0.15) is 36.3 Å². The number of hydrogen-bond acceptors (Lipinski definition) is 6. The average molecular weight is 325 g/mol. The Labute approximate surface area is 142 Å². The van der Waals surface area contributed by atoms with E-state index in [1.54, 1.807) is 18.6 Å². The Morgan fingerprint density at radius 2 is 2.17 bits per heavy atom. The molecule has 24 heavy (non-hydrogen) atoms. The molecule has 1 saturated heterocycles. The van der Waals surface area contributed by atoms with Crippen LogP contribution in [0.5, 0.6) is 5.88 Å². The molecule has 6 nitrogen and oxygen atoms in total. The topological polar surface area (TPSA) is 64.0 Å². The van der Waals surface area contributed by atoms with Gasteiger partial charge in [-0.25, -0.2) is 15.0 Å². The number of ether oxygens (including phenoxy) is 1. The highest BCUT2D eigenvalue weighted by atomic mass is 16.5. The lowest BCUT2D eigenvalue weighted by molar-refractivity contribution is 0.220. The Bertz CT molecular complexity index is 706. The van der Waals surface area contributed by atoms with Gasteiger partial charge in [-0.3, -0.25) is 4.98 Å². The molecule has 1 atom stereocenters. The highest BCUT2D eigenvalue weighted by molar-refractivity contribution is 5.51. The zero-order valence-electron chi connectivity index (χ0n) is 14.1. The Morgan fingerprint density at radius 1 is 1.21 bits per heavy atom. The van der Waals surface area contributed by atoms with Crippen molar-refractivity contribution in [1.29, 1.82) is 0 Å². The van der Waals surface area contributed by atoms with Crippen molar-refractivity contribution in [2.45, 2.75) is 39.0 Å². The van der Waals surface area contributed by atoms with Crippen molar-refractivity contribution in [1.82, 2.24) is 19.9 Å². The average Bonchev–Trinajstić information content (AvgIpc) is 3.08. The van der Waals surface area contributed by atoms with Gasteiger partial charge in [0.05, 0.1) is 12.8 Å². The SMILES string of the molecule is Cc1nc2c(c(N3CCCC(COc4cnccn4)C3)n1)CCC2. The smallest absolute Gasteiger partial charge is 0.232 e. The number of fused-ring (bicyclic) bond motifs is 1. The Kier molecular flexibility index (Phi) is 4.28. The molecule has 2 aromatic rings. The maximum Gasteiger partial charge on any atom is 0.232 e. The molecule has 0 N–H and O–H groups in total. The number of nitrogens with zero attached hydrogens (tertiary/aromatic N) is 5. The molecular formula is C18H23N5O. The monoisotopic (exact) mass is 325 g/mol. The molecular weight excluding hydrogens is 302 g/mol. The number of hydrogen-bond donors (Lipinski definition) is 0. The molecule has 2 aliphatic rings. The van der Waals surface area contributed by atoms with E-state index in [1.807, 2.05) is 6.92 Å². The van der Waals surface area contributed by atoms with Crippen LogP contribution >= 0.6 is 0 Å². The van der Waals surface area contributed by atoms with Gasteiger partial charge < -0.3 is 9.64 Å². The number of anilines is 1. The lowest BCUT2D eigenvalue weighted by Crippen LogP contribution is -2.39. The Morgan fingerprint density at radius 3 is 3.04 bits per heavy atom. The molecule has 3 heterocycles. The van der Waals surface area contributed by atoms with E-state index in [0.29, 0.717) is 18.4 Å². The van der Waals surface area contributed by atoms with Crippen LogP contribution in [0.4, 0.5) is 5.82 Å². The lowest BCUT2D eigenvalue weighted by Gasteiger charge is -2.34. The third-order valence-electron chi connectivity index (χ3n) is 4.85. The van der Waals surface area contributed by atoms with Crippen molar-refractivity contribution >= 4 is 5.82 Å². The highest BCUT2D eigenvalue weighted by Crippen LogP contribution is 2.31. The zero-order chi connectivity index (χ0) is 16.4. The molecule has 0 bridgehead atoms. The molecule has 0 radical (unpaired) electrons. The second-order valence-corrected chi connectivity index (χ2v) is 6.68. The highest BCUT2D eigenvalue weighted by Gasteiger charge is 2.27. The fraction of sp³-hybridized carbons (Fsp3) is 0.556. The summed E-state index contributed by atoms with van der Waals surface area (Å²) in [6.07, 6.45) is 10.8. The van der Waals surface area contributed by atoms with Crippen molar-refractivity contribution in [3.8, 4) is 5.88 Å². The third kappa shape index (κ3) is 3.18. The van der Waals surface area contributed by atoms with Gasteiger partial charge in [0.1, 0.15) is 11.6 Å². The van der Waals surface area contributed by atoms with Gasteiger partial charge in [0, 0.05) is 42.7 Å². The van der Waals surface area contributed by atoms with Crippen LogP contribution in [0.3, 0.4) is 0 Å². The number of rotatable bonds is 4. The fourth-order valence-electron chi connectivity index (χ4n) is 3.75. The maximum atomic E-state index is 5.81. The normalized spacial score (nSPS) is 20.0. The van der Waals surface area contributed by atoms with E-state index in [-0.39, 0.29) is 0 Å². The lowest BCUT2D eigenvalue weighted by atomic mass is 9.98. The van der Waals surface area contributed by atoms with Crippen LogP contribution in [-0.2, 0) is 12.8 Å². The zero-order valence-corrected chi connectivity index (χ0v) is 14.1. The molecule has 1 fully saturated rings. The molecule has 0 aromatic carbocycles. The number of piperidine rings is 1. The first kappa shape index (κ1) is 15.3. The summed E-state index contributed by atoms with van der Waals surface area (Å²) in [4.78, 5) is 20.1.